The van der Waals surface area contributed by atoms with Crippen LogP contribution in [0.4, 0.5) is 10.1 Å². The molecular weight excluding hydrogens is 252 g/mol. The first-order valence-electron chi connectivity index (χ1n) is 5.00. The molecule has 2 nitrogen and oxygen atoms in total. The molecule has 0 aromatic heterocycles. The zero-order valence-electron chi connectivity index (χ0n) is 9.19. The quantitative estimate of drug-likeness (QED) is 0.643. The Hall–Kier alpha value is -0.510. The summed E-state index contributed by atoms with van der Waals surface area (Å²) in [5.74, 6) is -0.590. The molecule has 16 heavy (non-hydrogen) atoms. The van der Waals surface area contributed by atoms with Crippen LogP contribution in [-0.4, -0.2) is 19.3 Å². The number of ether oxygens (including phenoxy) is 1. The average molecular weight is 266 g/mol. The summed E-state index contributed by atoms with van der Waals surface area (Å²) in [6.07, 6.45) is 0.196. The second-order valence-corrected chi connectivity index (χ2v) is 4.41. The highest BCUT2D eigenvalue weighted by Gasteiger charge is 2.06. The van der Waals surface area contributed by atoms with E-state index in [1.54, 1.807) is 0 Å². The molecule has 0 saturated heterocycles. The average Bonchev–Trinajstić information content (AvgIpc) is 2.20. The Balaban J connectivity index is 2.49. The van der Waals surface area contributed by atoms with E-state index in [9.17, 15) is 4.39 Å². The Morgan fingerprint density at radius 2 is 1.88 bits per heavy atom. The number of hydrogen-bond donors (Lipinski definition) is 1. The van der Waals surface area contributed by atoms with Gasteiger partial charge in [-0.05, 0) is 26.0 Å². The minimum absolute atomic E-state index is 0.0137. The lowest BCUT2D eigenvalue weighted by Crippen LogP contribution is -2.13. The predicted octanol–water partition coefficient (Wildman–Crippen LogP) is 3.97. The lowest BCUT2D eigenvalue weighted by atomic mass is 10.3. The summed E-state index contributed by atoms with van der Waals surface area (Å²) in [6, 6.07) is 3.00. The zero-order valence-corrected chi connectivity index (χ0v) is 10.7. The summed E-state index contributed by atoms with van der Waals surface area (Å²) in [7, 11) is 0. The maximum absolute atomic E-state index is 13.1. The van der Waals surface area contributed by atoms with Crippen LogP contribution in [0.2, 0.25) is 10.0 Å². The fourth-order valence-electron chi connectivity index (χ4n) is 1.15. The SMILES string of the molecule is CC(C)OCCNc1cc(Cl)c(F)c(Cl)c1. The summed E-state index contributed by atoms with van der Waals surface area (Å²) >= 11 is 11.3. The van der Waals surface area contributed by atoms with Gasteiger partial charge in [0.2, 0.25) is 0 Å². The van der Waals surface area contributed by atoms with Gasteiger partial charge in [0, 0.05) is 12.2 Å². The molecule has 0 unspecified atom stereocenters. The van der Waals surface area contributed by atoms with E-state index in [-0.39, 0.29) is 16.1 Å². The van der Waals surface area contributed by atoms with Crippen molar-refractivity contribution < 1.29 is 9.13 Å². The van der Waals surface area contributed by atoms with E-state index in [1.807, 2.05) is 13.8 Å². The van der Waals surface area contributed by atoms with Crippen LogP contribution in [0.15, 0.2) is 12.1 Å². The molecular formula is C11H14Cl2FNO. The number of nitrogens with one attached hydrogen (secondary N) is 1. The van der Waals surface area contributed by atoms with Crippen LogP contribution < -0.4 is 5.32 Å². The molecule has 1 aromatic rings. The molecule has 0 atom stereocenters. The van der Waals surface area contributed by atoms with Crippen molar-refractivity contribution in [1.29, 1.82) is 0 Å². The molecule has 0 saturated carbocycles. The molecule has 0 aliphatic carbocycles. The van der Waals surface area contributed by atoms with Gasteiger partial charge in [0.1, 0.15) is 0 Å². The van der Waals surface area contributed by atoms with Crippen molar-refractivity contribution in [1.82, 2.24) is 0 Å². The van der Waals surface area contributed by atoms with Gasteiger partial charge in [-0.2, -0.15) is 0 Å². The van der Waals surface area contributed by atoms with Crippen LogP contribution in [0, 0.1) is 5.82 Å². The molecule has 0 heterocycles. The molecule has 90 valence electrons. The van der Waals surface area contributed by atoms with Gasteiger partial charge in [-0.15, -0.1) is 0 Å². The third-order valence-electron chi connectivity index (χ3n) is 1.87. The van der Waals surface area contributed by atoms with Gasteiger partial charge in [0.25, 0.3) is 0 Å². The molecule has 0 fully saturated rings. The molecule has 0 bridgehead atoms. The number of anilines is 1. The second kappa shape index (κ2) is 6.28. The molecule has 0 radical (unpaired) electrons. The standard InChI is InChI=1S/C11H14Cl2FNO/c1-7(2)16-4-3-15-8-5-9(12)11(14)10(13)6-8/h5-7,15H,3-4H2,1-2H3. The van der Waals surface area contributed by atoms with Gasteiger partial charge in [-0.3, -0.25) is 0 Å². The highest BCUT2D eigenvalue weighted by molar-refractivity contribution is 6.35. The van der Waals surface area contributed by atoms with Crippen molar-refractivity contribution in [2.75, 3.05) is 18.5 Å². The summed E-state index contributed by atoms with van der Waals surface area (Å²) in [4.78, 5) is 0. The highest BCUT2D eigenvalue weighted by atomic mass is 35.5. The molecule has 0 aliphatic rings. The van der Waals surface area contributed by atoms with Gasteiger partial charge in [-0.1, -0.05) is 23.2 Å². The van der Waals surface area contributed by atoms with Gasteiger partial charge in [0.05, 0.1) is 22.8 Å². The van der Waals surface area contributed by atoms with Crippen LogP contribution in [-0.2, 0) is 4.74 Å². The Kier molecular flexibility index (Phi) is 5.32. The van der Waals surface area contributed by atoms with Crippen LogP contribution in [0.1, 0.15) is 13.8 Å². The smallest absolute Gasteiger partial charge is 0.160 e. The lowest BCUT2D eigenvalue weighted by Gasteiger charge is -2.10. The van der Waals surface area contributed by atoms with E-state index in [2.05, 4.69) is 5.32 Å². The Labute approximate surface area is 105 Å². The summed E-state index contributed by atoms with van der Waals surface area (Å²) in [5.41, 5.74) is 0.684. The van der Waals surface area contributed by atoms with Crippen LogP contribution in [0.5, 0.6) is 0 Å². The monoisotopic (exact) mass is 265 g/mol. The third-order valence-corrected chi connectivity index (χ3v) is 2.42. The van der Waals surface area contributed by atoms with Gasteiger partial charge in [-0.25, -0.2) is 4.39 Å². The normalized spacial score (nSPS) is 10.9. The van der Waals surface area contributed by atoms with Crippen LogP contribution >= 0.6 is 23.2 Å². The number of halogens is 3. The topological polar surface area (TPSA) is 21.3 Å². The predicted molar refractivity (Wildman–Crippen MR) is 66.0 cm³/mol. The molecule has 0 aliphatic heterocycles. The van der Waals surface area contributed by atoms with E-state index in [4.69, 9.17) is 27.9 Å². The van der Waals surface area contributed by atoms with Gasteiger partial charge >= 0.3 is 0 Å². The van der Waals surface area contributed by atoms with Crippen molar-refractivity contribution in [3.8, 4) is 0 Å². The minimum atomic E-state index is -0.590. The Morgan fingerprint density at radius 1 is 1.31 bits per heavy atom. The fraction of sp³-hybridized carbons (Fsp3) is 0.455. The lowest BCUT2D eigenvalue weighted by molar-refractivity contribution is 0.0870. The van der Waals surface area contributed by atoms with Crippen LogP contribution in [0.3, 0.4) is 0 Å². The van der Waals surface area contributed by atoms with E-state index in [1.165, 1.54) is 12.1 Å². The Morgan fingerprint density at radius 3 is 2.38 bits per heavy atom. The van der Waals surface area contributed by atoms with E-state index < -0.39 is 5.82 Å². The van der Waals surface area contributed by atoms with E-state index in [0.717, 1.165) is 0 Å². The van der Waals surface area contributed by atoms with Gasteiger partial charge < -0.3 is 10.1 Å². The number of rotatable bonds is 5. The van der Waals surface area contributed by atoms with E-state index in [0.29, 0.717) is 18.8 Å². The summed E-state index contributed by atoms with van der Waals surface area (Å²) in [5, 5.41) is 3.08. The zero-order chi connectivity index (χ0) is 12.1. The first-order valence-corrected chi connectivity index (χ1v) is 5.76. The Bertz CT molecular complexity index is 335. The third kappa shape index (κ3) is 4.16. The molecule has 0 amide bonds. The molecule has 1 N–H and O–H groups in total. The maximum atomic E-state index is 13.1. The second-order valence-electron chi connectivity index (χ2n) is 3.60. The van der Waals surface area contributed by atoms with Crippen molar-refractivity contribution in [2.45, 2.75) is 20.0 Å². The summed E-state index contributed by atoms with van der Waals surface area (Å²) in [6.45, 7) is 5.12. The van der Waals surface area contributed by atoms with Crippen molar-refractivity contribution in [3.05, 3.63) is 28.0 Å². The molecule has 0 spiro atoms. The van der Waals surface area contributed by atoms with Crippen molar-refractivity contribution in [2.24, 2.45) is 0 Å². The van der Waals surface area contributed by atoms with Gasteiger partial charge in [0.15, 0.2) is 5.82 Å². The first-order chi connectivity index (χ1) is 7.50. The van der Waals surface area contributed by atoms with Crippen molar-refractivity contribution >= 4 is 28.9 Å². The molecule has 5 heteroatoms. The minimum Gasteiger partial charge on any atom is -0.383 e. The maximum Gasteiger partial charge on any atom is 0.160 e. The first kappa shape index (κ1) is 13.6. The molecule has 1 aromatic carbocycles. The number of hydrogen-bond acceptors (Lipinski definition) is 2. The summed E-state index contributed by atoms with van der Waals surface area (Å²) < 4.78 is 18.4. The van der Waals surface area contributed by atoms with Crippen molar-refractivity contribution in [3.63, 3.8) is 0 Å². The van der Waals surface area contributed by atoms with Crippen LogP contribution in [0.25, 0.3) is 0 Å². The molecule has 1 rings (SSSR count). The fourth-order valence-corrected chi connectivity index (χ4v) is 1.63. The van der Waals surface area contributed by atoms with E-state index >= 15 is 0 Å². The largest absolute Gasteiger partial charge is 0.383 e. The number of benzene rings is 1. The highest BCUT2D eigenvalue weighted by Crippen LogP contribution is 2.27.